The van der Waals surface area contributed by atoms with Crippen LogP contribution >= 0.6 is 0 Å². The van der Waals surface area contributed by atoms with Gasteiger partial charge < -0.3 is 9.30 Å². The van der Waals surface area contributed by atoms with Gasteiger partial charge in [-0.15, -0.1) is 0 Å². The Kier molecular flexibility index (Phi) is 5.23. The van der Waals surface area contributed by atoms with Crippen molar-refractivity contribution in [1.29, 1.82) is 0 Å². The fourth-order valence-electron chi connectivity index (χ4n) is 2.50. The standard InChI is InChI=1S/C20H21N3O2/c1-3-4-12-25-18-13-16(14-23(2)20(18)24)19-21-11-10-17(22-19)15-8-6-5-7-9-15/h5-11,13-14H,3-4,12H2,1-2H3. The number of aromatic nitrogens is 3. The molecule has 0 N–H and O–H groups in total. The first-order chi connectivity index (χ1) is 12.2. The number of unbranched alkanes of at least 4 members (excludes halogenated alkanes) is 1. The van der Waals surface area contributed by atoms with Crippen LogP contribution in [0.25, 0.3) is 22.6 Å². The summed E-state index contributed by atoms with van der Waals surface area (Å²) in [6.07, 6.45) is 5.39. The van der Waals surface area contributed by atoms with Gasteiger partial charge in [0.05, 0.1) is 12.3 Å². The van der Waals surface area contributed by atoms with Gasteiger partial charge >= 0.3 is 0 Å². The molecule has 0 atom stereocenters. The molecule has 0 aliphatic rings. The average molecular weight is 335 g/mol. The van der Waals surface area contributed by atoms with Gasteiger partial charge in [-0.25, -0.2) is 9.97 Å². The first-order valence-electron chi connectivity index (χ1n) is 8.41. The minimum Gasteiger partial charge on any atom is -0.488 e. The smallest absolute Gasteiger partial charge is 0.292 e. The van der Waals surface area contributed by atoms with Crippen LogP contribution in [0.4, 0.5) is 0 Å². The third-order valence-electron chi connectivity index (χ3n) is 3.89. The van der Waals surface area contributed by atoms with E-state index in [9.17, 15) is 4.79 Å². The molecule has 0 aliphatic heterocycles. The molecule has 0 fully saturated rings. The number of hydrogen-bond donors (Lipinski definition) is 0. The summed E-state index contributed by atoms with van der Waals surface area (Å²) in [7, 11) is 1.71. The normalized spacial score (nSPS) is 10.6. The molecule has 0 bridgehead atoms. The summed E-state index contributed by atoms with van der Waals surface area (Å²) >= 11 is 0. The van der Waals surface area contributed by atoms with Crippen LogP contribution < -0.4 is 10.3 Å². The molecule has 0 saturated carbocycles. The van der Waals surface area contributed by atoms with Crippen molar-refractivity contribution in [2.24, 2.45) is 7.05 Å². The van der Waals surface area contributed by atoms with Crippen LogP contribution in [0.1, 0.15) is 19.8 Å². The first-order valence-corrected chi connectivity index (χ1v) is 8.41. The molecule has 0 amide bonds. The SMILES string of the molecule is CCCCOc1cc(-c2nccc(-c3ccccc3)n2)cn(C)c1=O. The number of pyridine rings is 1. The molecule has 3 rings (SSSR count). The lowest BCUT2D eigenvalue weighted by molar-refractivity contribution is 0.303. The van der Waals surface area contributed by atoms with E-state index in [-0.39, 0.29) is 5.56 Å². The van der Waals surface area contributed by atoms with E-state index in [1.807, 2.05) is 36.4 Å². The molecule has 5 heteroatoms. The number of benzene rings is 1. The first kappa shape index (κ1) is 16.9. The number of rotatable bonds is 6. The largest absolute Gasteiger partial charge is 0.488 e. The number of hydrogen-bond acceptors (Lipinski definition) is 4. The quantitative estimate of drug-likeness (QED) is 0.645. The van der Waals surface area contributed by atoms with Crippen molar-refractivity contribution in [2.45, 2.75) is 19.8 Å². The summed E-state index contributed by atoms with van der Waals surface area (Å²) in [5.41, 5.74) is 2.47. The molecular weight excluding hydrogens is 314 g/mol. The highest BCUT2D eigenvalue weighted by atomic mass is 16.5. The summed E-state index contributed by atoms with van der Waals surface area (Å²) in [6, 6.07) is 13.5. The van der Waals surface area contributed by atoms with Crippen molar-refractivity contribution in [2.75, 3.05) is 6.61 Å². The van der Waals surface area contributed by atoms with Gasteiger partial charge in [-0.05, 0) is 18.6 Å². The zero-order chi connectivity index (χ0) is 17.6. The van der Waals surface area contributed by atoms with Crippen LogP contribution in [0.3, 0.4) is 0 Å². The summed E-state index contributed by atoms with van der Waals surface area (Å²) in [6.45, 7) is 2.61. The minimum absolute atomic E-state index is 0.154. The summed E-state index contributed by atoms with van der Waals surface area (Å²) in [5, 5.41) is 0. The van der Waals surface area contributed by atoms with Crippen LogP contribution in [0.2, 0.25) is 0 Å². The van der Waals surface area contributed by atoms with Crippen LogP contribution in [-0.4, -0.2) is 21.1 Å². The van der Waals surface area contributed by atoms with E-state index in [1.165, 1.54) is 4.57 Å². The Balaban J connectivity index is 1.98. The lowest BCUT2D eigenvalue weighted by Gasteiger charge is -2.10. The molecule has 0 radical (unpaired) electrons. The predicted octanol–water partition coefficient (Wildman–Crippen LogP) is 3.69. The van der Waals surface area contributed by atoms with E-state index >= 15 is 0 Å². The van der Waals surface area contributed by atoms with Gasteiger partial charge in [0, 0.05) is 30.6 Å². The van der Waals surface area contributed by atoms with E-state index in [0.717, 1.165) is 29.7 Å². The zero-order valence-electron chi connectivity index (χ0n) is 14.5. The Morgan fingerprint density at radius 1 is 1.12 bits per heavy atom. The number of aryl methyl sites for hydroxylation is 1. The molecule has 2 aromatic heterocycles. The molecule has 0 saturated heterocycles. The maximum absolute atomic E-state index is 12.2. The highest BCUT2D eigenvalue weighted by Gasteiger charge is 2.10. The van der Waals surface area contributed by atoms with Gasteiger partial charge in [0.2, 0.25) is 0 Å². The molecule has 25 heavy (non-hydrogen) atoms. The van der Waals surface area contributed by atoms with Gasteiger partial charge in [-0.2, -0.15) is 0 Å². The minimum atomic E-state index is -0.154. The molecule has 1 aromatic carbocycles. The Morgan fingerprint density at radius 3 is 2.68 bits per heavy atom. The van der Waals surface area contributed by atoms with Gasteiger partial charge in [-0.1, -0.05) is 43.7 Å². The molecule has 2 heterocycles. The fraction of sp³-hybridized carbons (Fsp3) is 0.250. The Bertz CT molecular complexity index is 904. The lowest BCUT2D eigenvalue weighted by Crippen LogP contribution is -2.19. The highest BCUT2D eigenvalue weighted by Crippen LogP contribution is 2.22. The third kappa shape index (κ3) is 3.94. The van der Waals surface area contributed by atoms with E-state index in [1.54, 1.807) is 25.5 Å². The van der Waals surface area contributed by atoms with Crippen LogP contribution in [0.5, 0.6) is 5.75 Å². The predicted molar refractivity (Wildman–Crippen MR) is 98.5 cm³/mol. The second-order valence-corrected chi connectivity index (χ2v) is 5.84. The van der Waals surface area contributed by atoms with Crippen molar-refractivity contribution in [3.63, 3.8) is 0 Å². The zero-order valence-corrected chi connectivity index (χ0v) is 14.5. The summed E-state index contributed by atoms with van der Waals surface area (Å²) < 4.78 is 7.16. The van der Waals surface area contributed by atoms with Gasteiger partial charge in [0.25, 0.3) is 5.56 Å². The van der Waals surface area contributed by atoms with Crippen molar-refractivity contribution >= 4 is 0 Å². The molecular formula is C20H21N3O2. The van der Waals surface area contributed by atoms with Crippen molar-refractivity contribution in [1.82, 2.24) is 14.5 Å². The maximum atomic E-state index is 12.2. The summed E-state index contributed by atoms with van der Waals surface area (Å²) in [5.74, 6) is 0.902. The van der Waals surface area contributed by atoms with Gasteiger partial charge in [0.1, 0.15) is 0 Å². The van der Waals surface area contributed by atoms with Crippen molar-refractivity contribution < 1.29 is 4.74 Å². The van der Waals surface area contributed by atoms with E-state index < -0.39 is 0 Å². The Labute approximate surface area is 147 Å². The topological polar surface area (TPSA) is 57.0 Å². The number of ether oxygens (including phenoxy) is 1. The monoisotopic (exact) mass is 335 g/mol. The highest BCUT2D eigenvalue weighted by molar-refractivity contribution is 5.63. The van der Waals surface area contributed by atoms with Crippen LogP contribution in [0, 0.1) is 0 Å². The van der Waals surface area contributed by atoms with E-state index in [2.05, 4.69) is 16.9 Å². The van der Waals surface area contributed by atoms with E-state index in [0.29, 0.717) is 18.2 Å². The molecule has 0 aliphatic carbocycles. The molecule has 0 spiro atoms. The Morgan fingerprint density at radius 2 is 1.92 bits per heavy atom. The van der Waals surface area contributed by atoms with Crippen LogP contribution in [-0.2, 0) is 7.05 Å². The third-order valence-corrected chi connectivity index (χ3v) is 3.89. The molecule has 5 nitrogen and oxygen atoms in total. The summed E-state index contributed by atoms with van der Waals surface area (Å²) in [4.78, 5) is 21.2. The van der Waals surface area contributed by atoms with Crippen molar-refractivity contribution in [3.05, 3.63) is 65.2 Å². The van der Waals surface area contributed by atoms with Crippen LogP contribution in [0.15, 0.2) is 59.7 Å². The fourth-order valence-corrected chi connectivity index (χ4v) is 2.50. The second-order valence-electron chi connectivity index (χ2n) is 5.84. The lowest BCUT2D eigenvalue weighted by atomic mass is 10.1. The average Bonchev–Trinajstić information content (AvgIpc) is 2.66. The van der Waals surface area contributed by atoms with E-state index in [4.69, 9.17) is 4.74 Å². The maximum Gasteiger partial charge on any atom is 0.292 e. The van der Waals surface area contributed by atoms with Gasteiger partial charge in [-0.3, -0.25) is 4.79 Å². The molecule has 3 aromatic rings. The number of nitrogens with zero attached hydrogens (tertiary/aromatic N) is 3. The second kappa shape index (κ2) is 7.75. The van der Waals surface area contributed by atoms with Gasteiger partial charge in [0.15, 0.2) is 11.6 Å². The molecule has 0 unspecified atom stereocenters. The van der Waals surface area contributed by atoms with Crippen molar-refractivity contribution in [3.8, 4) is 28.4 Å². The Hall–Kier alpha value is -2.95. The molecule has 128 valence electrons.